The molecule has 108 valence electrons. The van der Waals surface area contributed by atoms with Crippen LogP contribution in [0, 0.1) is 0 Å². The Kier molecular flexibility index (Phi) is 4.68. The third-order valence-corrected chi connectivity index (χ3v) is 4.60. The molecule has 1 aliphatic carbocycles. The molecule has 0 radical (unpaired) electrons. The molecule has 0 spiro atoms. The number of sulfone groups is 1. The molecule has 2 rings (SSSR count). The Morgan fingerprint density at radius 1 is 1.42 bits per heavy atom. The summed E-state index contributed by atoms with van der Waals surface area (Å²) in [5, 5.41) is 3.58. The summed E-state index contributed by atoms with van der Waals surface area (Å²) < 4.78 is 24.5. The van der Waals surface area contributed by atoms with Gasteiger partial charge in [-0.3, -0.25) is 0 Å². The highest BCUT2D eigenvalue weighted by Gasteiger charge is 2.21. The molecule has 0 bridgehead atoms. The smallest absolute Gasteiger partial charge is 0.149 e. The van der Waals surface area contributed by atoms with Gasteiger partial charge in [-0.05, 0) is 43.4 Å². The molecule has 1 aliphatic rings. The maximum atomic E-state index is 11.2. The third-order valence-electron chi connectivity index (χ3n) is 3.67. The summed E-state index contributed by atoms with van der Waals surface area (Å²) in [6.45, 7) is 3.78. The fraction of sp³-hybridized carbons (Fsp3) is 0.714. The highest BCUT2D eigenvalue weighted by molar-refractivity contribution is 7.90. The number of rotatable bonds is 6. The van der Waals surface area contributed by atoms with Crippen LogP contribution in [0.15, 0.2) is 12.4 Å². The van der Waals surface area contributed by atoms with E-state index in [0.717, 1.165) is 19.4 Å². The lowest BCUT2D eigenvalue weighted by Crippen LogP contribution is -2.24. The summed E-state index contributed by atoms with van der Waals surface area (Å²) in [5.41, 5.74) is 2.75. The lowest BCUT2D eigenvalue weighted by atomic mass is 9.91. The van der Waals surface area contributed by atoms with Gasteiger partial charge in [-0.25, -0.2) is 8.42 Å². The van der Waals surface area contributed by atoms with Crippen LogP contribution in [0.1, 0.15) is 43.4 Å². The van der Waals surface area contributed by atoms with Crippen molar-refractivity contribution in [3.8, 4) is 0 Å². The molecule has 0 saturated carbocycles. The van der Waals surface area contributed by atoms with Gasteiger partial charge in [-0.1, -0.05) is 6.92 Å². The molecule has 19 heavy (non-hydrogen) atoms. The van der Waals surface area contributed by atoms with Crippen LogP contribution in [0.25, 0.3) is 0 Å². The first-order chi connectivity index (χ1) is 8.99. The molecule has 1 unspecified atom stereocenters. The summed E-state index contributed by atoms with van der Waals surface area (Å²) in [7, 11) is -2.89. The van der Waals surface area contributed by atoms with E-state index in [-0.39, 0.29) is 5.75 Å². The predicted molar refractivity (Wildman–Crippen MR) is 78.1 cm³/mol. The third kappa shape index (κ3) is 4.08. The van der Waals surface area contributed by atoms with E-state index in [1.54, 1.807) is 0 Å². The fourth-order valence-electron chi connectivity index (χ4n) is 2.68. The van der Waals surface area contributed by atoms with Gasteiger partial charge in [0, 0.05) is 31.2 Å². The van der Waals surface area contributed by atoms with Crippen LogP contribution in [-0.2, 0) is 22.8 Å². The van der Waals surface area contributed by atoms with Gasteiger partial charge in [0.2, 0.25) is 0 Å². The lowest BCUT2D eigenvalue weighted by molar-refractivity contribution is 0.462. The van der Waals surface area contributed by atoms with Gasteiger partial charge in [0.1, 0.15) is 9.84 Å². The number of nitrogens with one attached hydrogen (secondary N) is 1. The van der Waals surface area contributed by atoms with Crippen LogP contribution >= 0.6 is 0 Å². The normalized spacial score (nSPS) is 19.4. The van der Waals surface area contributed by atoms with Gasteiger partial charge < -0.3 is 9.88 Å². The second-order valence-corrected chi connectivity index (χ2v) is 7.77. The lowest BCUT2D eigenvalue weighted by Gasteiger charge is -2.23. The van der Waals surface area contributed by atoms with Crippen molar-refractivity contribution < 1.29 is 8.42 Å². The number of aryl methyl sites for hydroxylation is 2. The summed E-state index contributed by atoms with van der Waals surface area (Å²) in [5.74, 6) is 0.216. The van der Waals surface area contributed by atoms with Gasteiger partial charge in [0.25, 0.3) is 0 Å². The highest BCUT2D eigenvalue weighted by Crippen LogP contribution is 2.30. The van der Waals surface area contributed by atoms with E-state index in [9.17, 15) is 8.42 Å². The quantitative estimate of drug-likeness (QED) is 0.868. The molecule has 1 atom stereocenters. The molecule has 0 fully saturated rings. The van der Waals surface area contributed by atoms with Crippen molar-refractivity contribution in [2.24, 2.45) is 0 Å². The topological polar surface area (TPSA) is 51.1 Å². The molecule has 0 aliphatic heterocycles. The van der Waals surface area contributed by atoms with Gasteiger partial charge in [0.15, 0.2) is 0 Å². The van der Waals surface area contributed by atoms with Crippen LogP contribution in [0.4, 0.5) is 0 Å². The molecule has 1 aromatic heterocycles. The molecule has 0 saturated heterocycles. The first-order valence-electron chi connectivity index (χ1n) is 7.09. The molecule has 1 N–H and O–H groups in total. The van der Waals surface area contributed by atoms with E-state index in [0.29, 0.717) is 12.6 Å². The van der Waals surface area contributed by atoms with Crippen molar-refractivity contribution in [3.05, 3.63) is 23.5 Å². The van der Waals surface area contributed by atoms with E-state index in [2.05, 4.69) is 24.6 Å². The zero-order valence-electron chi connectivity index (χ0n) is 11.9. The number of hydrogen-bond acceptors (Lipinski definition) is 3. The second kappa shape index (κ2) is 6.09. The summed E-state index contributed by atoms with van der Waals surface area (Å²) in [6, 6.07) is 0.447. The number of fused-ring (bicyclic) bond motifs is 1. The Bertz CT molecular complexity index is 520. The van der Waals surface area contributed by atoms with E-state index < -0.39 is 9.84 Å². The van der Waals surface area contributed by atoms with Crippen molar-refractivity contribution >= 4 is 9.84 Å². The highest BCUT2D eigenvalue weighted by atomic mass is 32.2. The maximum Gasteiger partial charge on any atom is 0.149 e. The van der Waals surface area contributed by atoms with E-state index in [1.165, 1.54) is 30.2 Å². The first-order valence-corrected chi connectivity index (χ1v) is 9.15. The van der Waals surface area contributed by atoms with Crippen molar-refractivity contribution in [2.75, 3.05) is 18.6 Å². The Labute approximate surface area is 116 Å². The standard InChI is InChI=1S/C14H24N2O2S/c1-3-7-15-14-6-4-5-12-10-16(11-13(12)14)8-9-19(2,17)18/h10-11,14-15H,3-9H2,1-2H3. The minimum Gasteiger partial charge on any atom is -0.353 e. The van der Waals surface area contributed by atoms with Crippen molar-refractivity contribution in [3.63, 3.8) is 0 Å². The SMILES string of the molecule is CCCNC1CCCc2cn(CCS(C)(=O)=O)cc21. The van der Waals surface area contributed by atoms with E-state index in [4.69, 9.17) is 0 Å². The molecular weight excluding hydrogens is 260 g/mol. The average molecular weight is 284 g/mol. The van der Waals surface area contributed by atoms with Gasteiger partial charge in [-0.15, -0.1) is 0 Å². The summed E-state index contributed by atoms with van der Waals surface area (Å²) in [4.78, 5) is 0. The summed E-state index contributed by atoms with van der Waals surface area (Å²) >= 11 is 0. The van der Waals surface area contributed by atoms with Crippen molar-refractivity contribution in [2.45, 2.75) is 45.2 Å². The molecule has 0 aromatic carbocycles. The van der Waals surface area contributed by atoms with Gasteiger partial charge in [0.05, 0.1) is 5.75 Å². The molecule has 5 heteroatoms. The largest absolute Gasteiger partial charge is 0.353 e. The molecule has 1 heterocycles. The van der Waals surface area contributed by atoms with Gasteiger partial charge >= 0.3 is 0 Å². The first kappa shape index (κ1) is 14.6. The van der Waals surface area contributed by atoms with E-state index in [1.807, 2.05) is 4.57 Å². The Morgan fingerprint density at radius 2 is 2.21 bits per heavy atom. The summed E-state index contributed by atoms with van der Waals surface area (Å²) in [6.07, 6.45) is 10.2. The predicted octanol–water partition coefficient (Wildman–Crippen LogP) is 1.91. The molecule has 0 amide bonds. The number of nitrogens with zero attached hydrogens (tertiary/aromatic N) is 1. The Morgan fingerprint density at radius 3 is 2.89 bits per heavy atom. The van der Waals surface area contributed by atoms with Crippen molar-refractivity contribution in [1.82, 2.24) is 9.88 Å². The second-order valence-electron chi connectivity index (χ2n) is 5.51. The van der Waals surface area contributed by atoms with Crippen LogP contribution in [-0.4, -0.2) is 31.5 Å². The van der Waals surface area contributed by atoms with Crippen LogP contribution in [0.2, 0.25) is 0 Å². The number of hydrogen-bond donors (Lipinski definition) is 1. The Balaban J connectivity index is 2.07. The Hall–Kier alpha value is -0.810. The van der Waals surface area contributed by atoms with Crippen LogP contribution in [0.3, 0.4) is 0 Å². The number of aromatic nitrogens is 1. The molecule has 4 nitrogen and oxygen atoms in total. The van der Waals surface area contributed by atoms with Crippen LogP contribution in [0.5, 0.6) is 0 Å². The minimum atomic E-state index is -2.89. The monoisotopic (exact) mass is 284 g/mol. The maximum absolute atomic E-state index is 11.2. The van der Waals surface area contributed by atoms with Crippen molar-refractivity contribution in [1.29, 1.82) is 0 Å². The average Bonchev–Trinajstić information content (AvgIpc) is 2.76. The minimum absolute atomic E-state index is 0.216. The zero-order valence-corrected chi connectivity index (χ0v) is 12.7. The molecular formula is C14H24N2O2S. The van der Waals surface area contributed by atoms with E-state index >= 15 is 0 Å². The zero-order chi connectivity index (χ0) is 13.9. The fourth-order valence-corrected chi connectivity index (χ4v) is 3.22. The van der Waals surface area contributed by atoms with Gasteiger partial charge in [-0.2, -0.15) is 0 Å². The molecule has 1 aromatic rings. The van der Waals surface area contributed by atoms with Crippen LogP contribution < -0.4 is 5.32 Å².